The van der Waals surface area contributed by atoms with Crippen LogP contribution in [0.5, 0.6) is 11.5 Å². The van der Waals surface area contributed by atoms with Crippen molar-refractivity contribution in [3.05, 3.63) is 59.2 Å². The minimum absolute atomic E-state index is 0.120. The first-order valence-electron chi connectivity index (χ1n) is 7.31. The van der Waals surface area contributed by atoms with E-state index >= 15 is 0 Å². The molecule has 3 rings (SSSR count). The molecule has 0 fully saturated rings. The minimum atomic E-state index is -0.732. The van der Waals surface area contributed by atoms with Crippen molar-refractivity contribution in [3.8, 4) is 11.5 Å². The van der Waals surface area contributed by atoms with Crippen molar-refractivity contribution in [2.75, 3.05) is 6.61 Å². The molecule has 0 aromatic heterocycles. The Balaban J connectivity index is 1.95. The fraction of sp³-hybridized carbons (Fsp3) is 0.333. The molecule has 0 unspecified atom stereocenters. The van der Waals surface area contributed by atoms with Crippen LogP contribution in [0.2, 0.25) is 0 Å². The van der Waals surface area contributed by atoms with Crippen LogP contribution >= 0.6 is 0 Å². The SMILES string of the molecule is CC1(C)CCOc2cc(F)c(OCc3ccccc3)c(F)c21. The molecule has 1 aliphatic rings. The van der Waals surface area contributed by atoms with Gasteiger partial charge in [0, 0.05) is 11.6 Å². The highest BCUT2D eigenvalue weighted by atomic mass is 19.1. The van der Waals surface area contributed by atoms with Gasteiger partial charge in [0.05, 0.1) is 6.61 Å². The van der Waals surface area contributed by atoms with Crippen molar-refractivity contribution in [1.29, 1.82) is 0 Å². The second kappa shape index (κ2) is 5.59. The quantitative estimate of drug-likeness (QED) is 0.825. The zero-order valence-electron chi connectivity index (χ0n) is 12.7. The van der Waals surface area contributed by atoms with E-state index in [0.717, 1.165) is 5.56 Å². The van der Waals surface area contributed by atoms with Crippen LogP contribution in [0, 0.1) is 11.6 Å². The topological polar surface area (TPSA) is 18.5 Å². The van der Waals surface area contributed by atoms with Gasteiger partial charge in [0.15, 0.2) is 17.4 Å². The summed E-state index contributed by atoms with van der Waals surface area (Å²) in [6, 6.07) is 10.5. The second-order valence-electron chi connectivity index (χ2n) is 6.13. The zero-order chi connectivity index (χ0) is 15.7. The van der Waals surface area contributed by atoms with E-state index in [0.29, 0.717) is 18.6 Å². The van der Waals surface area contributed by atoms with Gasteiger partial charge in [-0.25, -0.2) is 8.78 Å². The highest BCUT2D eigenvalue weighted by molar-refractivity contribution is 5.48. The number of ether oxygens (including phenoxy) is 2. The Labute approximate surface area is 128 Å². The average Bonchev–Trinajstić information content (AvgIpc) is 2.46. The van der Waals surface area contributed by atoms with Gasteiger partial charge in [-0.15, -0.1) is 0 Å². The Morgan fingerprint density at radius 1 is 1.18 bits per heavy atom. The number of rotatable bonds is 3. The Hall–Kier alpha value is -2.10. The first-order valence-corrected chi connectivity index (χ1v) is 7.31. The van der Waals surface area contributed by atoms with Crippen molar-refractivity contribution >= 4 is 0 Å². The summed E-state index contributed by atoms with van der Waals surface area (Å²) in [5.74, 6) is -1.44. The molecular weight excluding hydrogens is 286 g/mol. The molecule has 0 amide bonds. The molecule has 2 nitrogen and oxygen atoms in total. The van der Waals surface area contributed by atoms with E-state index in [9.17, 15) is 8.78 Å². The first-order chi connectivity index (χ1) is 10.5. The smallest absolute Gasteiger partial charge is 0.191 e. The third kappa shape index (κ3) is 2.65. The van der Waals surface area contributed by atoms with Crippen molar-refractivity contribution in [3.63, 3.8) is 0 Å². The van der Waals surface area contributed by atoms with Crippen LogP contribution < -0.4 is 9.47 Å². The van der Waals surface area contributed by atoms with Crippen molar-refractivity contribution < 1.29 is 18.3 Å². The Bertz CT molecular complexity index is 681. The summed E-state index contributed by atoms with van der Waals surface area (Å²) in [6.07, 6.45) is 0.681. The fourth-order valence-corrected chi connectivity index (χ4v) is 2.73. The van der Waals surface area contributed by atoms with E-state index in [1.54, 1.807) is 0 Å². The van der Waals surface area contributed by atoms with Crippen LogP contribution in [0.4, 0.5) is 8.78 Å². The lowest BCUT2D eigenvalue weighted by Gasteiger charge is -2.33. The molecule has 0 aliphatic carbocycles. The number of fused-ring (bicyclic) bond motifs is 1. The third-order valence-electron chi connectivity index (χ3n) is 4.03. The summed E-state index contributed by atoms with van der Waals surface area (Å²) < 4.78 is 39.7. The van der Waals surface area contributed by atoms with Crippen LogP contribution in [0.1, 0.15) is 31.4 Å². The van der Waals surface area contributed by atoms with Crippen LogP contribution in [0.3, 0.4) is 0 Å². The molecule has 4 heteroatoms. The zero-order valence-corrected chi connectivity index (χ0v) is 12.7. The van der Waals surface area contributed by atoms with Crippen molar-refractivity contribution in [2.45, 2.75) is 32.3 Å². The molecule has 0 spiro atoms. The van der Waals surface area contributed by atoms with E-state index in [1.165, 1.54) is 6.07 Å². The molecule has 0 radical (unpaired) electrons. The molecule has 1 aliphatic heterocycles. The molecular formula is C18H18F2O2. The minimum Gasteiger partial charge on any atom is -0.493 e. The molecule has 2 aromatic rings. The maximum atomic E-state index is 14.8. The maximum absolute atomic E-state index is 14.8. The molecule has 2 aromatic carbocycles. The summed E-state index contributed by atoms with van der Waals surface area (Å²) in [5.41, 5.74) is 0.841. The lowest BCUT2D eigenvalue weighted by atomic mass is 9.79. The summed E-state index contributed by atoms with van der Waals surface area (Å²) in [6.45, 7) is 4.43. The van der Waals surface area contributed by atoms with Gasteiger partial charge in [-0.05, 0) is 17.4 Å². The highest BCUT2D eigenvalue weighted by Gasteiger charge is 2.35. The highest BCUT2D eigenvalue weighted by Crippen LogP contribution is 2.44. The average molecular weight is 304 g/mol. The number of hydrogen-bond donors (Lipinski definition) is 0. The number of hydrogen-bond acceptors (Lipinski definition) is 2. The predicted octanol–water partition coefficient (Wildman–Crippen LogP) is 4.60. The van der Waals surface area contributed by atoms with Gasteiger partial charge in [0.2, 0.25) is 0 Å². The molecule has 22 heavy (non-hydrogen) atoms. The van der Waals surface area contributed by atoms with Crippen molar-refractivity contribution in [2.24, 2.45) is 0 Å². The van der Waals surface area contributed by atoms with Crippen LogP contribution in [-0.2, 0) is 12.0 Å². The van der Waals surface area contributed by atoms with Gasteiger partial charge in [0.25, 0.3) is 0 Å². The number of halogens is 2. The Kier molecular flexibility index (Phi) is 3.77. The lowest BCUT2D eigenvalue weighted by molar-refractivity contribution is 0.216. The monoisotopic (exact) mass is 304 g/mol. The van der Waals surface area contributed by atoms with Gasteiger partial charge >= 0.3 is 0 Å². The second-order valence-corrected chi connectivity index (χ2v) is 6.13. The summed E-state index contributed by atoms with van der Waals surface area (Å²) in [5, 5.41) is 0. The van der Waals surface area contributed by atoms with E-state index in [2.05, 4.69) is 0 Å². The van der Waals surface area contributed by atoms with E-state index in [-0.39, 0.29) is 18.1 Å². The normalized spacial score (nSPS) is 15.8. The van der Waals surface area contributed by atoms with Crippen LogP contribution in [0.25, 0.3) is 0 Å². The summed E-state index contributed by atoms with van der Waals surface area (Å²) in [7, 11) is 0. The Morgan fingerprint density at radius 2 is 1.91 bits per heavy atom. The van der Waals surface area contributed by atoms with Crippen LogP contribution in [0.15, 0.2) is 36.4 Å². The molecule has 0 saturated carbocycles. The largest absolute Gasteiger partial charge is 0.493 e. The van der Waals surface area contributed by atoms with E-state index in [4.69, 9.17) is 9.47 Å². The molecule has 0 atom stereocenters. The molecule has 0 N–H and O–H groups in total. The summed E-state index contributed by atoms with van der Waals surface area (Å²) >= 11 is 0. The first kappa shape index (κ1) is 14.8. The van der Waals surface area contributed by atoms with Crippen LogP contribution in [-0.4, -0.2) is 6.61 Å². The lowest BCUT2D eigenvalue weighted by Crippen LogP contribution is -2.28. The standard InChI is InChI=1S/C18H18F2O2/c1-18(2)8-9-21-14-10-13(19)17(16(20)15(14)18)22-11-12-6-4-3-5-7-12/h3-7,10H,8-9,11H2,1-2H3. The fourth-order valence-electron chi connectivity index (χ4n) is 2.73. The third-order valence-corrected chi connectivity index (χ3v) is 4.03. The van der Waals surface area contributed by atoms with Gasteiger partial charge in [-0.2, -0.15) is 0 Å². The maximum Gasteiger partial charge on any atom is 0.191 e. The molecule has 0 saturated heterocycles. The Morgan fingerprint density at radius 3 is 2.64 bits per heavy atom. The molecule has 116 valence electrons. The molecule has 1 heterocycles. The van der Waals surface area contributed by atoms with E-state index in [1.807, 2.05) is 44.2 Å². The van der Waals surface area contributed by atoms with E-state index < -0.39 is 17.0 Å². The number of benzene rings is 2. The summed E-state index contributed by atoms with van der Waals surface area (Å²) in [4.78, 5) is 0. The van der Waals surface area contributed by atoms with Gasteiger partial charge in [-0.1, -0.05) is 44.2 Å². The van der Waals surface area contributed by atoms with Crippen molar-refractivity contribution in [1.82, 2.24) is 0 Å². The van der Waals surface area contributed by atoms with Gasteiger partial charge in [0.1, 0.15) is 12.4 Å². The van der Waals surface area contributed by atoms with Gasteiger partial charge < -0.3 is 9.47 Å². The predicted molar refractivity (Wildman–Crippen MR) is 80.3 cm³/mol. The van der Waals surface area contributed by atoms with Gasteiger partial charge in [-0.3, -0.25) is 0 Å². The molecule has 0 bridgehead atoms.